The second kappa shape index (κ2) is 2.24. The largest absolute Gasteiger partial charge is 0.383 e. The van der Waals surface area contributed by atoms with E-state index < -0.39 is 0 Å². The van der Waals surface area contributed by atoms with Crippen LogP contribution < -0.4 is 5.73 Å². The van der Waals surface area contributed by atoms with Crippen molar-refractivity contribution in [3.8, 4) is 0 Å². The first-order valence-electron chi connectivity index (χ1n) is 3.86. The number of hydrogen-bond acceptors (Lipinski definition) is 2. The van der Waals surface area contributed by atoms with Gasteiger partial charge in [-0.25, -0.2) is 4.98 Å². The molecule has 0 aliphatic heterocycles. The van der Waals surface area contributed by atoms with E-state index in [0.29, 0.717) is 5.82 Å². The first-order valence-corrected chi connectivity index (χ1v) is 3.86. The predicted octanol–water partition coefficient (Wildman–Crippen LogP) is 1.46. The molecular formula is C9H11N3. The summed E-state index contributed by atoms with van der Waals surface area (Å²) >= 11 is 0. The molecule has 0 fully saturated rings. The van der Waals surface area contributed by atoms with Gasteiger partial charge in [0.1, 0.15) is 5.82 Å². The molecule has 3 heteroatoms. The van der Waals surface area contributed by atoms with Crippen molar-refractivity contribution in [2.75, 3.05) is 5.73 Å². The van der Waals surface area contributed by atoms with Crippen molar-refractivity contribution in [1.82, 2.24) is 9.55 Å². The number of nitrogens with zero attached hydrogens (tertiary/aromatic N) is 2. The zero-order valence-corrected chi connectivity index (χ0v) is 7.20. The lowest BCUT2D eigenvalue weighted by atomic mass is 10.2. The summed E-state index contributed by atoms with van der Waals surface area (Å²) in [5.41, 5.74) is 8.06. The van der Waals surface area contributed by atoms with E-state index in [2.05, 4.69) is 15.7 Å². The third-order valence-corrected chi connectivity index (χ3v) is 2.12. The molecule has 0 spiro atoms. The van der Waals surface area contributed by atoms with E-state index >= 15 is 0 Å². The molecule has 3 nitrogen and oxygen atoms in total. The molecule has 0 aliphatic carbocycles. The quantitative estimate of drug-likeness (QED) is 0.635. The minimum atomic E-state index is 0.616. The first kappa shape index (κ1) is 7.16. The Labute approximate surface area is 70.8 Å². The van der Waals surface area contributed by atoms with Gasteiger partial charge in [-0.05, 0) is 18.6 Å². The Morgan fingerprint density at radius 1 is 1.50 bits per heavy atom. The molecule has 0 atom stereocenters. The van der Waals surface area contributed by atoms with Crippen LogP contribution in [0.4, 0.5) is 5.82 Å². The van der Waals surface area contributed by atoms with Gasteiger partial charge >= 0.3 is 0 Å². The van der Waals surface area contributed by atoms with Crippen molar-refractivity contribution >= 4 is 16.7 Å². The van der Waals surface area contributed by atoms with Gasteiger partial charge in [-0.2, -0.15) is 0 Å². The van der Waals surface area contributed by atoms with Gasteiger partial charge < -0.3 is 10.3 Å². The van der Waals surface area contributed by atoms with Gasteiger partial charge in [0.2, 0.25) is 0 Å². The normalized spacial score (nSPS) is 10.8. The summed E-state index contributed by atoms with van der Waals surface area (Å²) in [5, 5.41) is 1.07. The van der Waals surface area contributed by atoms with E-state index in [-0.39, 0.29) is 0 Å². The fourth-order valence-electron chi connectivity index (χ4n) is 1.59. The summed E-state index contributed by atoms with van der Waals surface area (Å²) in [5.74, 6) is 0.616. The monoisotopic (exact) mass is 161 g/mol. The molecule has 0 aliphatic rings. The van der Waals surface area contributed by atoms with Gasteiger partial charge in [-0.1, -0.05) is 0 Å². The zero-order valence-electron chi connectivity index (χ0n) is 7.20. The van der Waals surface area contributed by atoms with Gasteiger partial charge in [-0.15, -0.1) is 0 Å². The number of anilines is 1. The fraction of sp³-hybridized carbons (Fsp3) is 0.222. The molecule has 2 rings (SSSR count). The van der Waals surface area contributed by atoms with Crippen LogP contribution in [0.25, 0.3) is 10.9 Å². The summed E-state index contributed by atoms with van der Waals surface area (Å²) in [4.78, 5) is 4.05. The standard InChI is InChI=1S/C9H11N3/c1-6-5-12(2)7-3-4-11-9(10)8(6)7/h3-5H,1-2H3,(H2,10,11). The molecule has 12 heavy (non-hydrogen) atoms. The average molecular weight is 161 g/mol. The molecule has 0 bridgehead atoms. The van der Waals surface area contributed by atoms with Crippen LogP contribution >= 0.6 is 0 Å². The van der Waals surface area contributed by atoms with Crippen LogP contribution in [0.15, 0.2) is 18.5 Å². The molecule has 2 aromatic heterocycles. The van der Waals surface area contributed by atoms with E-state index in [4.69, 9.17) is 5.73 Å². The minimum Gasteiger partial charge on any atom is -0.383 e. The number of nitrogen functional groups attached to an aromatic ring is 1. The molecule has 0 saturated carbocycles. The molecule has 2 aromatic rings. The number of nitrogens with two attached hydrogens (primary N) is 1. The molecule has 0 radical (unpaired) electrons. The number of hydrogen-bond donors (Lipinski definition) is 1. The van der Waals surface area contributed by atoms with Crippen LogP contribution in [-0.2, 0) is 7.05 Å². The van der Waals surface area contributed by atoms with Crippen molar-refractivity contribution in [3.63, 3.8) is 0 Å². The van der Waals surface area contributed by atoms with E-state index in [1.165, 1.54) is 5.56 Å². The summed E-state index contributed by atoms with van der Waals surface area (Å²) in [6.07, 6.45) is 3.79. The van der Waals surface area contributed by atoms with Crippen molar-refractivity contribution < 1.29 is 0 Å². The smallest absolute Gasteiger partial charge is 0.133 e. The molecule has 2 N–H and O–H groups in total. The maximum Gasteiger partial charge on any atom is 0.133 e. The minimum absolute atomic E-state index is 0.616. The molecular weight excluding hydrogens is 150 g/mol. The third-order valence-electron chi connectivity index (χ3n) is 2.12. The van der Waals surface area contributed by atoms with Gasteiger partial charge in [0, 0.05) is 24.8 Å². The number of aryl methyl sites for hydroxylation is 2. The lowest BCUT2D eigenvalue weighted by molar-refractivity contribution is 0.963. The Morgan fingerprint density at radius 2 is 2.25 bits per heavy atom. The van der Waals surface area contributed by atoms with E-state index in [0.717, 1.165) is 10.9 Å². The van der Waals surface area contributed by atoms with Gasteiger partial charge in [-0.3, -0.25) is 0 Å². The van der Waals surface area contributed by atoms with Crippen molar-refractivity contribution in [2.45, 2.75) is 6.92 Å². The summed E-state index contributed by atoms with van der Waals surface area (Å²) in [6, 6.07) is 1.97. The van der Waals surface area contributed by atoms with E-state index in [1.54, 1.807) is 6.20 Å². The Bertz CT molecular complexity index is 429. The molecule has 2 heterocycles. The van der Waals surface area contributed by atoms with Crippen LogP contribution in [-0.4, -0.2) is 9.55 Å². The maximum absolute atomic E-state index is 5.75. The van der Waals surface area contributed by atoms with Crippen molar-refractivity contribution in [2.24, 2.45) is 7.05 Å². The van der Waals surface area contributed by atoms with E-state index in [9.17, 15) is 0 Å². The summed E-state index contributed by atoms with van der Waals surface area (Å²) in [6.45, 7) is 2.04. The van der Waals surface area contributed by atoms with Crippen molar-refractivity contribution in [1.29, 1.82) is 0 Å². The molecule has 0 aromatic carbocycles. The average Bonchev–Trinajstić information content (AvgIpc) is 2.29. The van der Waals surface area contributed by atoms with Gasteiger partial charge in [0.25, 0.3) is 0 Å². The lowest BCUT2D eigenvalue weighted by Crippen LogP contribution is -1.91. The van der Waals surface area contributed by atoms with Gasteiger partial charge in [0.05, 0.1) is 5.52 Å². The van der Waals surface area contributed by atoms with Crippen LogP contribution in [0.2, 0.25) is 0 Å². The predicted molar refractivity (Wildman–Crippen MR) is 49.9 cm³/mol. The lowest BCUT2D eigenvalue weighted by Gasteiger charge is -1.97. The van der Waals surface area contributed by atoms with Crippen LogP contribution in [0.5, 0.6) is 0 Å². The number of aromatic nitrogens is 2. The highest BCUT2D eigenvalue weighted by molar-refractivity contribution is 5.92. The number of rotatable bonds is 0. The van der Waals surface area contributed by atoms with Gasteiger partial charge in [0.15, 0.2) is 0 Å². The highest BCUT2D eigenvalue weighted by atomic mass is 14.9. The Balaban J connectivity index is 2.99. The first-order chi connectivity index (χ1) is 5.70. The van der Waals surface area contributed by atoms with Crippen LogP contribution in [0, 0.1) is 6.92 Å². The zero-order chi connectivity index (χ0) is 8.72. The van der Waals surface area contributed by atoms with Crippen molar-refractivity contribution in [3.05, 3.63) is 24.0 Å². The third kappa shape index (κ3) is 0.794. The molecule has 62 valence electrons. The highest BCUT2D eigenvalue weighted by Crippen LogP contribution is 2.23. The molecule has 0 amide bonds. The van der Waals surface area contributed by atoms with Crippen LogP contribution in [0.3, 0.4) is 0 Å². The number of pyridine rings is 1. The Morgan fingerprint density at radius 3 is 2.92 bits per heavy atom. The molecule has 0 saturated heterocycles. The van der Waals surface area contributed by atoms with Crippen LogP contribution in [0.1, 0.15) is 5.56 Å². The Hall–Kier alpha value is -1.51. The maximum atomic E-state index is 5.75. The summed E-state index contributed by atoms with van der Waals surface area (Å²) < 4.78 is 2.06. The topological polar surface area (TPSA) is 43.8 Å². The second-order valence-electron chi connectivity index (χ2n) is 3.01. The summed E-state index contributed by atoms with van der Waals surface area (Å²) in [7, 11) is 2.01. The fourth-order valence-corrected chi connectivity index (χ4v) is 1.59. The second-order valence-corrected chi connectivity index (χ2v) is 3.01. The highest BCUT2D eigenvalue weighted by Gasteiger charge is 2.05. The molecule has 0 unspecified atom stereocenters. The Kier molecular flexibility index (Phi) is 1.33. The number of fused-ring (bicyclic) bond motifs is 1. The van der Waals surface area contributed by atoms with E-state index in [1.807, 2.05) is 20.0 Å². The SMILES string of the molecule is Cc1cn(C)c2ccnc(N)c12.